The summed E-state index contributed by atoms with van der Waals surface area (Å²) in [6.45, 7) is 3.52. The van der Waals surface area contributed by atoms with E-state index in [1.807, 2.05) is 6.26 Å². The third-order valence-electron chi connectivity index (χ3n) is 5.37. The fourth-order valence-electron chi connectivity index (χ4n) is 3.07. The average molecular weight is 515 g/mol. The lowest BCUT2D eigenvalue weighted by atomic mass is 9.97. The maximum atomic E-state index is 13.0. The molecule has 0 spiro atoms. The van der Waals surface area contributed by atoms with Crippen molar-refractivity contribution >= 4 is 41.4 Å². The van der Waals surface area contributed by atoms with Crippen LogP contribution in [0.15, 0.2) is 12.5 Å². The number of rotatable bonds is 16. The highest BCUT2D eigenvalue weighted by molar-refractivity contribution is 7.98. The fraction of sp³-hybridized carbons (Fsp3) is 0.619. The van der Waals surface area contributed by atoms with Crippen LogP contribution in [0.2, 0.25) is 0 Å². The van der Waals surface area contributed by atoms with Gasteiger partial charge in [-0.3, -0.25) is 19.2 Å². The van der Waals surface area contributed by atoms with Crippen molar-refractivity contribution in [2.45, 2.75) is 63.7 Å². The molecule has 0 radical (unpaired) electrons. The molecule has 0 aliphatic heterocycles. The SMILES string of the molecule is CCC(C)C(NC(=O)C(N)CCSC)C(=O)NC(CC(=O)O)C(=O)NC(Cc1cnc[nH]1)C(=O)O. The van der Waals surface area contributed by atoms with E-state index in [0.717, 1.165) is 0 Å². The van der Waals surface area contributed by atoms with Gasteiger partial charge in [0.1, 0.15) is 18.1 Å². The third-order valence-corrected chi connectivity index (χ3v) is 6.01. The lowest BCUT2D eigenvalue weighted by Crippen LogP contribution is -2.59. The Morgan fingerprint density at radius 3 is 2.26 bits per heavy atom. The van der Waals surface area contributed by atoms with E-state index in [0.29, 0.717) is 24.3 Å². The Hall–Kier alpha value is -3.13. The Kier molecular flexibility index (Phi) is 12.8. The van der Waals surface area contributed by atoms with Crippen molar-refractivity contribution in [1.82, 2.24) is 25.9 Å². The molecule has 0 saturated carbocycles. The van der Waals surface area contributed by atoms with Crippen LogP contribution < -0.4 is 21.7 Å². The van der Waals surface area contributed by atoms with Crippen molar-refractivity contribution in [2.75, 3.05) is 12.0 Å². The monoisotopic (exact) mass is 514 g/mol. The molecule has 0 aliphatic carbocycles. The van der Waals surface area contributed by atoms with Crippen molar-refractivity contribution in [3.63, 3.8) is 0 Å². The molecule has 1 aromatic heterocycles. The number of nitrogens with one attached hydrogen (secondary N) is 4. The zero-order valence-corrected chi connectivity index (χ0v) is 20.8. The predicted octanol–water partition coefficient (Wildman–Crippen LogP) is -0.908. The first kappa shape index (κ1) is 29.9. The van der Waals surface area contributed by atoms with E-state index in [9.17, 15) is 34.2 Å². The Morgan fingerprint density at radius 1 is 1.09 bits per heavy atom. The number of nitrogens with zero attached hydrogens (tertiary/aromatic N) is 1. The molecule has 0 fully saturated rings. The van der Waals surface area contributed by atoms with Gasteiger partial charge < -0.3 is 36.9 Å². The lowest BCUT2D eigenvalue weighted by molar-refractivity contribution is -0.143. The van der Waals surface area contributed by atoms with Crippen molar-refractivity contribution in [2.24, 2.45) is 11.7 Å². The largest absolute Gasteiger partial charge is 0.481 e. The van der Waals surface area contributed by atoms with Crippen LogP contribution in [0.5, 0.6) is 0 Å². The molecule has 35 heavy (non-hydrogen) atoms. The molecule has 0 aromatic carbocycles. The number of aromatic amines is 1. The summed E-state index contributed by atoms with van der Waals surface area (Å²) in [4.78, 5) is 67.7. The molecule has 1 heterocycles. The van der Waals surface area contributed by atoms with Gasteiger partial charge in [-0.15, -0.1) is 0 Å². The molecular weight excluding hydrogens is 480 g/mol. The molecule has 13 nitrogen and oxygen atoms in total. The van der Waals surface area contributed by atoms with Crippen LogP contribution in [-0.2, 0) is 30.4 Å². The molecule has 196 valence electrons. The minimum atomic E-state index is -1.57. The third kappa shape index (κ3) is 10.3. The number of aliphatic carboxylic acids is 2. The van der Waals surface area contributed by atoms with Gasteiger partial charge in [0.25, 0.3) is 0 Å². The number of imidazole rings is 1. The van der Waals surface area contributed by atoms with Gasteiger partial charge in [0.15, 0.2) is 0 Å². The molecule has 8 N–H and O–H groups in total. The topological polar surface area (TPSA) is 217 Å². The highest BCUT2D eigenvalue weighted by Gasteiger charge is 2.33. The van der Waals surface area contributed by atoms with E-state index in [4.69, 9.17) is 5.73 Å². The number of thioether (sulfide) groups is 1. The summed E-state index contributed by atoms with van der Waals surface area (Å²) >= 11 is 1.52. The van der Waals surface area contributed by atoms with E-state index in [2.05, 4.69) is 25.9 Å². The van der Waals surface area contributed by atoms with Crippen LogP contribution in [0.3, 0.4) is 0 Å². The second-order valence-corrected chi connectivity index (χ2v) is 9.08. The van der Waals surface area contributed by atoms with E-state index in [-0.39, 0.29) is 12.3 Å². The number of amides is 3. The van der Waals surface area contributed by atoms with E-state index in [1.54, 1.807) is 13.8 Å². The Labute approximate surface area is 207 Å². The number of carboxylic acids is 2. The fourth-order valence-corrected chi connectivity index (χ4v) is 3.56. The minimum absolute atomic E-state index is 0.131. The normalized spacial score (nSPS) is 15.2. The van der Waals surface area contributed by atoms with Gasteiger partial charge in [-0.25, -0.2) is 9.78 Å². The highest BCUT2D eigenvalue weighted by atomic mass is 32.2. The van der Waals surface area contributed by atoms with E-state index >= 15 is 0 Å². The molecular formula is C21H34N6O7S. The van der Waals surface area contributed by atoms with Crippen molar-refractivity contribution in [1.29, 1.82) is 0 Å². The minimum Gasteiger partial charge on any atom is -0.481 e. The van der Waals surface area contributed by atoms with Crippen LogP contribution in [0, 0.1) is 5.92 Å². The number of H-pyrrole nitrogens is 1. The smallest absolute Gasteiger partial charge is 0.326 e. The van der Waals surface area contributed by atoms with Crippen LogP contribution in [-0.4, -0.2) is 86.0 Å². The number of hydrogen-bond donors (Lipinski definition) is 7. The Bertz CT molecular complexity index is 866. The highest BCUT2D eigenvalue weighted by Crippen LogP contribution is 2.10. The summed E-state index contributed by atoms with van der Waals surface area (Å²) in [6, 6.07) is -4.87. The van der Waals surface area contributed by atoms with Crippen molar-refractivity contribution in [3.8, 4) is 0 Å². The van der Waals surface area contributed by atoms with Gasteiger partial charge in [0.2, 0.25) is 17.7 Å². The zero-order chi connectivity index (χ0) is 26.5. The quantitative estimate of drug-likeness (QED) is 0.144. The molecule has 1 rings (SSSR count). The van der Waals surface area contributed by atoms with Crippen molar-refractivity contribution in [3.05, 3.63) is 18.2 Å². The predicted molar refractivity (Wildman–Crippen MR) is 128 cm³/mol. The van der Waals surface area contributed by atoms with Crippen molar-refractivity contribution < 1.29 is 34.2 Å². The summed E-state index contributed by atoms with van der Waals surface area (Å²) in [5.74, 6) is -4.73. The van der Waals surface area contributed by atoms with Gasteiger partial charge in [-0.05, 0) is 24.3 Å². The van der Waals surface area contributed by atoms with Crippen LogP contribution >= 0.6 is 11.8 Å². The molecule has 3 amide bonds. The first-order chi connectivity index (χ1) is 16.5. The molecule has 5 atom stereocenters. The molecule has 14 heteroatoms. The molecule has 0 aliphatic rings. The maximum absolute atomic E-state index is 13.0. The number of carbonyl (C=O) groups excluding carboxylic acids is 3. The lowest BCUT2D eigenvalue weighted by Gasteiger charge is -2.27. The first-order valence-corrected chi connectivity index (χ1v) is 12.5. The van der Waals surface area contributed by atoms with Crippen LogP contribution in [0.4, 0.5) is 0 Å². The van der Waals surface area contributed by atoms with Gasteiger partial charge in [0.05, 0.1) is 18.8 Å². The van der Waals surface area contributed by atoms with Crippen LogP contribution in [0.25, 0.3) is 0 Å². The van der Waals surface area contributed by atoms with E-state index in [1.165, 1.54) is 24.3 Å². The van der Waals surface area contributed by atoms with Gasteiger partial charge in [-0.1, -0.05) is 20.3 Å². The number of hydrogen-bond acceptors (Lipinski definition) is 8. The second kappa shape index (κ2) is 15.0. The van der Waals surface area contributed by atoms with E-state index < -0.39 is 60.2 Å². The number of nitrogens with two attached hydrogens (primary N) is 1. The zero-order valence-electron chi connectivity index (χ0n) is 19.9. The summed E-state index contributed by atoms with van der Waals surface area (Å²) in [5, 5.41) is 25.9. The summed E-state index contributed by atoms with van der Waals surface area (Å²) < 4.78 is 0. The van der Waals surface area contributed by atoms with Gasteiger partial charge in [0, 0.05) is 18.3 Å². The Balaban J connectivity index is 2.98. The average Bonchev–Trinajstić information content (AvgIpc) is 3.31. The number of carbonyl (C=O) groups is 5. The number of carboxylic acid groups (broad SMARTS) is 2. The summed E-state index contributed by atoms with van der Waals surface area (Å²) in [7, 11) is 0. The summed E-state index contributed by atoms with van der Waals surface area (Å²) in [5.41, 5.74) is 6.32. The van der Waals surface area contributed by atoms with Gasteiger partial charge >= 0.3 is 11.9 Å². The molecule has 1 aromatic rings. The summed E-state index contributed by atoms with van der Waals surface area (Å²) in [6.07, 6.45) is 4.59. The molecule has 0 saturated heterocycles. The number of aromatic nitrogens is 2. The maximum Gasteiger partial charge on any atom is 0.326 e. The molecule has 5 unspecified atom stereocenters. The first-order valence-electron chi connectivity index (χ1n) is 11.1. The Morgan fingerprint density at radius 2 is 1.74 bits per heavy atom. The molecule has 0 bridgehead atoms. The second-order valence-electron chi connectivity index (χ2n) is 8.10. The van der Waals surface area contributed by atoms with Gasteiger partial charge in [-0.2, -0.15) is 11.8 Å². The van der Waals surface area contributed by atoms with Crippen LogP contribution in [0.1, 0.15) is 38.8 Å². The standard InChI is InChI=1S/C21H34N6O7S/c1-4-11(2)17(27-18(30)13(22)5-6-35-3)20(32)25-14(8-16(28)29)19(31)26-15(21(33)34)7-12-9-23-10-24-12/h9-11,13-15,17H,4-8,22H2,1-3H3,(H,23,24)(H,25,32)(H,26,31)(H,27,30)(H,28,29)(H,33,34).